The van der Waals surface area contributed by atoms with Gasteiger partial charge in [0.2, 0.25) is 10.0 Å². The third-order valence-corrected chi connectivity index (χ3v) is 4.62. The molecule has 1 aromatic carbocycles. The Kier molecular flexibility index (Phi) is 5.52. The van der Waals surface area contributed by atoms with E-state index in [0.29, 0.717) is 11.3 Å². The van der Waals surface area contributed by atoms with Gasteiger partial charge in [-0.25, -0.2) is 8.42 Å². The maximum Gasteiger partial charge on any atom is 0.251 e. The summed E-state index contributed by atoms with van der Waals surface area (Å²) in [6.45, 7) is 10.4. The summed E-state index contributed by atoms with van der Waals surface area (Å²) >= 11 is 0. The highest BCUT2D eigenvalue weighted by Gasteiger charge is 2.27. The molecule has 0 saturated heterocycles. The summed E-state index contributed by atoms with van der Waals surface area (Å²) in [4.78, 5) is 12.4. The van der Waals surface area contributed by atoms with Gasteiger partial charge in [0.05, 0.1) is 11.9 Å². The Balaban J connectivity index is 2.86. The van der Waals surface area contributed by atoms with E-state index in [1.165, 1.54) is 11.4 Å². The summed E-state index contributed by atoms with van der Waals surface area (Å²) < 4.78 is 24.2. The lowest BCUT2D eigenvalue weighted by atomic mass is 9.81. The summed E-state index contributed by atoms with van der Waals surface area (Å²) in [7, 11) is -1.82. The molecule has 0 aromatic heterocycles. The van der Waals surface area contributed by atoms with E-state index < -0.39 is 10.0 Å². The Morgan fingerprint density at radius 2 is 1.57 bits per heavy atom. The van der Waals surface area contributed by atoms with E-state index in [4.69, 9.17) is 0 Å². The molecular weight excluding hydrogens is 312 g/mol. The molecule has 1 aromatic rings. The zero-order chi connectivity index (χ0) is 18.1. The lowest BCUT2D eigenvalue weighted by molar-refractivity contribution is 0.0891. The fourth-order valence-electron chi connectivity index (χ4n) is 2.76. The molecule has 0 aliphatic carbocycles. The van der Waals surface area contributed by atoms with Crippen LogP contribution < -0.4 is 9.62 Å². The number of benzene rings is 1. The average molecular weight is 340 g/mol. The van der Waals surface area contributed by atoms with Gasteiger partial charge in [-0.05, 0) is 49.9 Å². The van der Waals surface area contributed by atoms with Crippen LogP contribution in [0.3, 0.4) is 0 Å². The van der Waals surface area contributed by atoms with Crippen LogP contribution >= 0.6 is 0 Å². The first-order chi connectivity index (χ1) is 10.2. The van der Waals surface area contributed by atoms with Gasteiger partial charge in [0.15, 0.2) is 0 Å². The average Bonchev–Trinajstić information content (AvgIpc) is 2.33. The number of anilines is 1. The maximum atomic E-state index is 12.4. The largest absolute Gasteiger partial charge is 0.347 e. The van der Waals surface area contributed by atoms with Crippen molar-refractivity contribution < 1.29 is 13.2 Å². The van der Waals surface area contributed by atoms with E-state index in [2.05, 4.69) is 26.1 Å². The van der Waals surface area contributed by atoms with Crippen molar-refractivity contribution in [1.29, 1.82) is 0 Å². The molecule has 1 amide bonds. The second kappa shape index (κ2) is 6.51. The molecule has 0 spiro atoms. The van der Waals surface area contributed by atoms with Crippen molar-refractivity contribution in [2.24, 2.45) is 5.41 Å². The van der Waals surface area contributed by atoms with Crippen LogP contribution in [0.15, 0.2) is 24.3 Å². The molecule has 1 N–H and O–H groups in total. The van der Waals surface area contributed by atoms with Crippen molar-refractivity contribution in [3.63, 3.8) is 0 Å². The van der Waals surface area contributed by atoms with E-state index in [9.17, 15) is 13.2 Å². The number of nitrogens with one attached hydrogen (secondary N) is 1. The molecule has 6 heteroatoms. The van der Waals surface area contributed by atoms with Gasteiger partial charge in [-0.15, -0.1) is 0 Å². The Morgan fingerprint density at radius 3 is 1.96 bits per heavy atom. The number of hydrogen-bond donors (Lipinski definition) is 1. The van der Waals surface area contributed by atoms with Gasteiger partial charge in [0.25, 0.3) is 5.91 Å². The summed E-state index contributed by atoms with van der Waals surface area (Å²) in [5.41, 5.74) is 0.826. The maximum absolute atomic E-state index is 12.4. The fraction of sp³-hybridized carbons (Fsp3) is 0.588. The summed E-state index contributed by atoms with van der Waals surface area (Å²) in [6, 6.07) is 6.54. The van der Waals surface area contributed by atoms with E-state index in [1.54, 1.807) is 24.3 Å². The van der Waals surface area contributed by atoms with Crippen LogP contribution in [0.5, 0.6) is 0 Å². The molecule has 130 valence electrons. The normalized spacial score (nSPS) is 12.8. The molecule has 0 bridgehead atoms. The van der Waals surface area contributed by atoms with Crippen LogP contribution in [0.4, 0.5) is 5.69 Å². The van der Waals surface area contributed by atoms with E-state index in [-0.39, 0.29) is 16.9 Å². The standard InChI is InChI=1S/C17H28N2O3S/c1-16(2,3)12-17(4,5)18-15(20)13-8-10-14(11-9-13)19(6)23(7,21)22/h8-11H,12H2,1-7H3,(H,18,20). The SMILES string of the molecule is CN(c1ccc(C(=O)NC(C)(C)CC(C)(C)C)cc1)S(C)(=O)=O. The van der Waals surface area contributed by atoms with Crippen molar-refractivity contribution >= 4 is 21.6 Å². The zero-order valence-corrected chi connectivity index (χ0v) is 15.9. The van der Waals surface area contributed by atoms with Crippen LogP contribution in [0.25, 0.3) is 0 Å². The lowest BCUT2D eigenvalue weighted by Crippen LogP contribution is -2.45. The first-order valence-electron chi connectivity index (χ1n) is 7.58. The third kappa shape index (κ3) is 6.22. The highest BCUT2D eigenvalue weighted by Crippen LogP contribution is 2.27. The number of rotatable bonds is 5. The molecule has 0 aliphatic heterocycles. The monoisotopic (exact) mass is 340 g/mol. The van der Waals surface area contributed by atoms with Crippen LogP contribution in [0, 0.1) is 5.41 Å². The number of nitrogens with zero attached hydrogens (tertiary/aromatic N) is 1. The molecule has 1 rings (SSSR count). The van der Waals surface area contributed by atoms with Crippen molar-refractivity contribution in [2.45, 2.75) is 46.6 Å². The van der Waals surface area contributed by atoms with Crippen molar-refractivity contribution in [2.75, 3.05) is 17.6 Å². The molecule has 0 heterocycles. The number of carbonyl (C=O) groups excluding carboxylic acids is 1. The van der Waals surface area contributed by atoms with Crippen LogP contribution in [-0.4, -0.2) is 33.2 Å². The number of hydrogen-bond acceptors (Lipinski definition) is 3. The first kappa shape index (κ1) is 19.5. The molecule has 0 radical (unpaired) electrons. The van der Waals surface area contributed by atoms with Crippen molar-refractivity contribution in [3.8, 4) is 0 Å². The minimum absolute atomic E-state index is 0.110. The number of carbonyl (C=O) groups is 1. The van der Waals surface area contributed by atoms with Gasteiger partial charge in [-0.2, -0.15) is 0 Å². The molecule has 0 aliphatic rings. The molecule has 0 saturated carbocycles. The number of amides is 1. The van der Waals surface area contributed by atoms with Gasteiger partial charge in [0.1, 0.15) is 0 Å². The smallest absolute Gasteiger partial charge is 0.251 e. The fourth-order valence-corrected chi connectivity index (χ4v) is 3.27. The minimum Gasteiger partial charge on any atom is -0.347 e. The number of sulfonamides is 1. The topological polar surface area (TPSA) is 66.5 Å². The van der Waals surface area contributed by atoms with Crippen molar-refractivity contribution in [3.05, 3.63) is 29.8 Å². The quantitative estimate of drug-likeness (QED) is 0.896. The van der Waals surface area contributed by atoms with Crippen LogP contribution in [-0.2, 0) is 10.0 Å². The van der Waals surface area contributed by atoms with Gasteiger partial charge in [-0.3, -0.25) is 9.10 Å². The summed E-state index contributed by atoms with van der Waals surface area (Å²) in [5, 5.41) is 3.04. The molecule has 0 unspecified atom stereocenters. The predicted octanol–water partition coefficient (Wildman–Crippen LogP) is 3.03. The summed E-state index contributed by atoms with van der Waals surface area (Å²) in [6.07, 6.45) is 1.99. The van der Waals surface area contributed by atoms with Crippen LogP contribution in [0.1, 0.15) is 51.4 Å². The zero-order valence-electron chi connectivity index (χ0n) is 15.1. The predicted molar refractivity (Wildman–Crippen MR) is 95.3 cm³/mol. The van der Waals surface area contributed by atoms with E-state index in [1.807, 2.05) is 13.8 Å². The highest BCUT2D eigenvalue weighted by molar-refractivity contribution is 7.92. The molecule has 5 nitrogen and oxygen atoms in total. The van der Waals surface area contributed by atoms with E-state index >= 15 is 0 Å². The van der Waals surface area contributed by atoms with Gasteiger partial charge < -0.3 is 5.32 Å². The molecule has 23 heavy (non-hydrogen) atoms. The first-order valence-corrected chi connectivity index (χ1v) is 9.43. The molecule has 0 atom stereocenters. The molecule has 0 fully saturated rings. The van der Waals surface area contributed by atoms with Gasteiger partial charge in [0, 0.05) is 18.2 Å². The second-order valence-electron chi connectivity index (χ2n) is 7.85. The second-order valence-corrected chi connectivity index (χ2v) is 9.87. The minimum atomic E-state index is -3.31. The van der Waals surface area contributed by atoms with E-state index in [0.717, 1.165) is 12.7 Å². The Bertz CT molecular complexity index is 656. The highest BCUT2D eigenvalue weighted by atomic mass is 32.2. The Morgan fingerprint density at radius 1 is 1.09 bits per heavy atom. The van der Waals surface area contributed by atoms with Crippen molar-refractivity contribution in [1.82, 2.24) is 5.32 Å². The third-order valence-electron chi connectivity index (χ3n) is 3.41. The lowest BCUT2D eigenvalue weighted by Gasteiger charge is -2.33. The van der Waals surface area contributed by atoms with Crippen LogP contribution in [0.2, 0.25) is 0 Å². The Hall–Kier alpha value is -1.56. The van der Waals surface area contributed by atoms with Gasteiger partial charge >= 0.3 is 0 Å². The Labute approximate surface area is 140 Å². The van der Waals surface area contributed by atoms with Gasteiger partial charge in [-0.1, -0.05) is 20.8 Å². The summed E-state index contributed by atoms with van der Waals surface area (Å²) in [5.74, 6) is -0.159. The molecular formula is C17H28N2O3S.